The zero-order valence-corrected chi connectivity index (χ0v) is 37.3. The van der Waals surface area contributed by atoms with Gasteiger partial charge in [-0.25, -0.2) is 0 Å². The molecule has 1 aliphatic heterocycles. The van der Waals surface area contributed by atoms with Crippen molar-refractivity contribution >= 4 is 65.0 Å². The summed E-state index contributed by atoms with van der Waals surface area (Å²) in [6.07, 6.45) is -0.434. The van der Waals surface area contributed by atoms with Crippen LogP contribution in [0, 0.1) is 11.8 Å². The molecular formula is C42H65N11O12. The second-order valence-electron chi connectivity index (χ2n) is 16.5. The van der Waals surface area contributed by atoms with Crippen molar-refractivity contribution in [3.8, 4) is 5.75 Å². The van der Waals surface area contributed by atoms with E-state index in [0.717, 1.165) is 0 Å². The Hall–Kier alpha value is -6.81. The molecule has 15 N–H and O–H groups in total. The number of nitrogens with one attached hydrogen (secondary N) is 8. The highest BCUT2D eigenvalue weighted by atomic mass is 16.3. The monoisotopic (exact) mass is 915 g/mol. The van der Waals surface area contributed by atoms with Crippen LogP contribution in [0.5, 0.6) is 5.75 Å². The van der Waals surface area contributed by atoms with Crippen molar-refractivity contribution in [2.24, 2.45) is 29.0 Å². The lowest BCUT2D eigenvalue weighted by atomic mass is 9.96. The van der Waals surface area contributed by atoms with Gasteiger partial charge < -0.3 is 64.8 Å². The molecule has 0 saturated carbocycles. The summed E-state index contributed by atoms with van der Waals surface area (Å²) in [5, 5.41) is 29.8. The average molecular weight is 916 g/mol. The highest BCUT2D eigenvalue weighted by molar-refractivity contribution is 5.98. The van der Waals surface area contributed by atoms with Crippen LogP contribution in [0.2, 0.25) is 0 Å². The smallest absolute Gasteiger partial charge is 0.243 e. The maximum absolute atomic E-state index is 13.9. The summed E-state index contributed by atoms with van der Waals surface area (Å²) in [6, 6.07) is -2.31. The molecule has 1 aromatic rings. The van der Waals surface area contributed by atoms with E-state index in [4.69, 9.17) is 17.2 Å². The van der Waals surface area contributed by atoms with Crippen molar-refractivity contribution in [3.05, 3.63) is 29.8 Å². The second-order valence-corrected chi connectivity index (χ2v) is 16.5. The molecule has 360 valence electrons. The summed E-state index contributed by atoms with van der Waals surface area (Å²) in [5.74, 6) is -9.88. The summed E-state index contributed by atoms with van der Waals surface area (Å²) in [5.41, 5.74) is 16.5. The minimum atomic E-state index is -1.72. The molecular weight excluding hydrogens is 851 g/mol. The molecule has 7 unspecified atom stereocenters. The van der Waals surface area contributed by atoms with Crippen molar-refractivity contribution in [1.29, 1.82) is 0 Å². The van der Waals surface area contributed by atoms with E-state index < -0.39 is 133 Å². The van der Waals surface area contributed by atoms with Gasteiger partial charge in [-0.2, -0.15) is 0 Å². The topological polar surface area (TPSA) is 382 Å². The molecule has 7 atom stereocenters. The standard InChI is InChI=1S/C42H65N11O12/c1-5-23(4)36-42(65)51-27(15-16-31(43)55)39(62)52-30(19-32(44)56)40(63)50-26(37(60)47-21-35(59)49-28(17-22(2)3)38(61)46-20-33(45)57)9-7-6-8-10-34(58)48-29(41(64)53-36)18-24-11-13-25(54)14-12-24/h11-14,22-23,26-30,36,54H,5-10,15-21H2,1-4H3,(H2,43,55)(H2,44,56)(H2,45,57)(H,46,61)(H,47,60)(H,48,58)(H,49,59)(H,50,63)(H,51,65)(H,52,62)(H,53,64). The van der Waals surface area contributed by atoms with Gasteiger partial charge in [-0.3, -0.25) is 52.7 Å². The van der Waals surface area contributed by atoms with Gasteiger partial charge in [-0.15, -0.1) is 0 Å². The maximum atomic E-state index is 13.9. The first-order valence-corrected chi connectivity index (χ1v) is 21.6. The van der Waals surface area contributed by atoms with E-state index in [0.29, 0.717) is 18.4 Å². The van der Waals surface area contributed by atoms with Crippen LogP contribution in [0.15, 0.2) is 24.3 Å². The van der Waals surface area contributed by atoms with Crippen LogP contribution >= 0.6 is 0 Å². The van der Waals surface area contributed by atoms with E-state index in [2.05, 4.69) is 42.5 Å². The summed E-state index contributed by atoms with van der Waals surface area (Å²) in [6.45, 7) is 5.87. The lowest BCUT2D eigenvalue weighted by Gasteiger charge is -2.29. The number of primary amides is 3. The molecule has 1 saturated heterocycles. The lowest BCUT2D eigenvalue weighted by Crippen LogP contribution is -2.60. The van der Waals surface area contributed by atoms with Gasteiger partial charge in [0.2, 0.25) is 65.0 Å². The van der Waals surface area contributed by atoms with E-state index in [1.54, 1.807) is 39.8 Å². The highest BCUT2D eigenvalue weighted by Gasteiger charge is 2.35. The van der Waals surface area contributed by atoms with Gasteiger partial charge in [0.15, 0.2) is 0 Å². The van der Waals surface area contributed by atoms with Crippen molar-refractivity contribution < 1.29 is 57.8 Å². The molecule has 1 aliphatic rings. The molecule has 0 radical (unpaired) electrons. The first kappa shape index (κ1) is 54.3. The largest absolute Gasteiger partial charge is 0.508 e. The summed E-state index contributed by atoms with van der Waals surface area (Å²) in [7, 11) is 0. The van der Waals surface area contributed by atoms with Crippen molar-refractivity contribution in [2.75, 3.05) is 13.1 Å². The molecule has 23 heteroatoms. The van der Waals surface area contributed by atoms with Crippen molar-refractivity contribution in [2.45, 2.75) is 135 Å². The second kappa shape index (κ2) is 27.4. The summed E-state index contributed by atoms with van der Waals surface area (Å²) in [4.78, 5) is 143. The highest BCUT2D eigenvalue weighted by Crippen LogP contribution is 2.15. The molecule has 23 nitrogen and oxygen atoms in total. The number of nitrogens with two attached hydrogens (primary N) is 3. The van der Waals surface area contributed by atoms with E-state index in [1.807, 2.05) is 0 Å². The van der Waals surface area contributed by atoms with Gasteiger partial charge in [0.05, 0.1) is 19.5 Å². The number of aromatic hydroxyl groups is 1. The van der Waals surface area contributed by atoms with Crippen molar-refractivity contribution in [1.82, 2.24) is 42.5 Å². The number of phenolic OH excluding ortho intramolecular Hbond substituents is 1. The van der Waals surface area contributed by atoms with Gasteiger partial charge in [0.25, 0.3) is 0 Å². The Morgan fingerprint density at radius 1 is 0.723 bits per heavy atom. The molecule has 11 amide bonds. The predicted molar refractivity (Wildman–Crippen MR) is 233 cm³/mol. The van der Waals surface area contributed by atoms with Crippen LogP contribution in [-0.4, -0.2) is 119 Å². The molecule has 1 aromatic carbocycles. The van der Waals surface area contributed by atoms with Crippen LogP contribution in [0.3, 0.4) is 0 Å². The average Bonchev–Trinajstić information content (AvgIpc) is 3.23. The van der Waals surface area contributed by atoms with Crippen LogP contribution < -0.4 is 59.7 Å². The first-order chi connectivity index (χ1) is 30.6. The van der Waals surface area contributed by atoms with Gasteiger partial charge in [0, 0.05) is 19.3 Å². The minimum Gasteiger partial charge on any atom is -0.508 e. The molecule has 0 aliphatic carbocycles. The Bertz CT molecular complexity index is 1880. The van der Waals surface area contributed by atoms with Crippen LogP contribution in [0.1, 0.15) is 97.5 Å². The molecule has 0 bridgehead atoms. The molecule has 1 heterocycles. The number of hydrogen-bond donors (Lipinski definition) is 12. The number of carbonyl (C=O) groups is 11. The third kappa shape index (κ3) is 20.5. The van der Waals surface area contributed by atoms with Crippen molar-refractivity contribution in [3.63, 3.8) is 0 Å². The zero-order valence-electron chi connectivity index (χ0n) is 37.3. The fraction of sp³-hybridized carbons (Fsp3) is 0.595. The van der Waals surface area contributed by atoms with E-state index in [9.17, 15) is 57.8 Å². The number of carbonyl (C=O) groups excluding carboxylic acids is 11. The van der Waals surface area contributed by atoms with Crippen LogP contribution in [-0.2, 0) is 59.2 Å². The Kier molecular flexibility index (Phi) is 22.9. The Balaban J connectivity index is 2.50. The Morgan fingerprint density at radius 2 is 1.35 bits per heavy atom. The number of phenols is 1. The number of amides is 11. The van der Waals surface area contributed by atoms with Crippen LogP contribution in [0.4, 0.5) is 0 Å². The normalized spacial score (nSPS) is 21.4. The minimum absolute atomic E-state index is 0.0245. The third-order valence-electron chi connectivity index (χ3n) is 10.4. The molecule has 65 heavy (non-hydrogen) atoms. The van der Waals surface area contributed by atoms with E-state index in [1.165, 1.54) is 12.1 Å². The number of rotatable bonds is 18. The number of benzene rings is 1. The SMILES string of the molecule is CCC(C)C1NC(=O)C(Cc2ccc(O)cc2)NC(=O)CCCCCC(C(=O)NCC(=O)NC(CC(C)C)C(=O)NCC(N)=O)NC(=O)C(CC(N)=O)NC(=O)C(CCC(N)=O)NC1=O. The molecule has 0 aromatic heterocycles. The Labute approximate surface area is 377 Å². The Morgan fingerprint density at radius 3 is 1.95 bits per heavy atom. The predicted octanol–water partition coefficient (Wildman–Crippen LogP) is -3.24. The lowest BCUT2D eigenvalue weighted by molar-refractivity contribution is -0.136. The molecule has 2 rings (SSSR count). The van der Waals surface area contributed by atoms with E-state index in [-0.39, 0.29) is 56.6 Å². The maximum Gasteiger partial charge on any atom is 0.243 e. The quantitative estimate of drug-likeness (QED) is 0.0692. The van der Waals surface area contributed by atoms with Gasteiger partial charge in [-0.1, -0.05) is 59.1 Å². The third-order valence-corrected chi connectivity index (χ3v) is 10.4. The molecule has 1 fully saturated rings. The van der Waals surface area contributed by atoms with Gasteiger partial charge in [0.1, 0.15) is 42.0 Å². The van der Waals surface area contributed by atoms with Crippen LogP contribution in [0.25, 0.3) is 0 Å². The fourth-order valence-corrected chi connectivity index (χ4v) is 6.69. The molecule has 0 spiro atoms. The summed E-state index contributed by atoms with van der Waals surface area (Å²) < 4.78 is 0. The first-order valence-electron chi connectivity index (χ1n) is 21.6. The number of hydrogen-bond acceptors (Lipinski definition) is 12. The van der Waals surface area contributed by atoms with Gasteiger partial charge >= 0.3 is 0 Å². The van der Waals surface area contributed by atoms with E-state index >= 15 is 0 Å². The zero-order chi connectivity index (χ0) is 48.8. The fourth-order valence-electron chi connectivity index (χ4n) is 6.69. The summed E-state index contributed by atoms with van der Waals surface area (Å²) >= 11 is 0. The van der Waals surface area contributed by atoms with Gasteiger partial charge in [-0.05, 0) is 55.2 Å².